The summed E-state index contributed by atoms with van der Waals surface area (Å²) in [6.07, 6.45) is 0. The van der Waals surface area contributed by atoms with Gasteiger partial charge in [0.2, 0.25) is 11.1 Å². The molecule has 1 aromatic heterocycles. The predicted molar refractivity (Wildman–Crippen MR) is 91.3 cm³/mol. The summed E-state index contributed by atoms with van der Waals surface area (Å²) in [5, 5.41) is 10.2. The van der Waals surface area contributed by atoms with Crippen molar-refractivity contribution in [3.8, 4) is 11.4 Å². The first-order chi connectivity index (χ1) is 12.4. The fourth-order valence-corrected chi connectivity index (χ4v) is 2.77. The molecule has 134 valence electrons. The highest BCUT2D eigenvalue weighted by Gasteiger charge is 2.15. The Morgan fingerprint density at radius 3 is 2.65 bits per heavy atom. The maximum Gasteiger partial charge on any atom is 0.234 e. The Balaban J connectivity index is 1.67. The third-order valence-corrected chi connectivity index (χ3v) is 4.23. The van der Waals surface area contributed by atoms with E-state index in [1.54, 1.807) is 6.07 Å². The number of hydrogen-bond acceptors (Lipinski definition) is 5. The van der Waals surface area contributed by atoms with Crippen molar-refractivity contribution in [2.24, 2.45) is 0 Å². The third kappa shape index (κ3) is 3.97. The molecule has 3 N–H and O–H groups in total. The molecular formula is C16H12F3N5OS. The lowest BCUT2D eigenvalue weighted by Crippen LogP contribution is -2.17. The number of carbonyl (C=O) groups excluding carboxylic acids is 1. The van der Waals surface area contributed by atoms with E-state index in [9.17, 15) is 18.0 Å². The summed E-state index contributed by atoms with van der Waals surface area (Å²) in [7, 11) is 0. The van der Waals surface area contributed by atoms with Crippen LogP contribution in [-0.4, -0.2) is 26.5 Å². The number of aromatic nitrogens is 3. The van der Waals surface area contributed by atoms with Gasteiger partial charge in [-0.3, -0.25) is 4.79 Å². The Morgan fingerprint density at radius 1 is 1.12 bits per heavy atom. The summed E-state index contributed by atoms with van der Waals surface area (Å²) in [6.45, 7) is 0. The first-order valence-electron chi connectivity index (χ1n) is 7.28. The molecule has 0 radical (unpaired) electrons. The molecule has 0 spiro atoms. The Hall–Kier alpha value is -3.01. The number of carbonyl (C=O) groups is 1. The zero-order chi connectivity index (χ0) is 18.7. The predicted octanol–water partition coefficient (Wildman–Crippen LogP) is 2.81. The van der Waals surface area contributed by atoms with Gasteiger partial charge in [-0.2, -0.15) is 0 Å². The highest BCUT2D eigenvalue weighted by atomic mass is 32.2. The minimum atomic E-state index is -0.750. The maximum atomic E-state index is 13.5. The van der Waals surface area contributed by atoms with Crippen molar-refractivity contribution in [1.82, 2.24) is 14.9 Å². The molecule has 0 atom stereocenters. The summed E-state index contributed by atoms with van der Waals surface area (Å²) in [6, 6.07) is 8.40. The van der Waals surface area contributed by atoms with Gasteiger partial charge in [0.05, 0.1) is 11.4 Å². The Bertz CT molecular complexity index is 963. The zero-order valence-electron chi connectivity index (χ0n) is 13.1. The average molecular weight is 379 g/mol. The zero-order valence-corrected chi connectivity index (χ0v) is 13.9. The molecule has 26 heavy (non-hydrogen) atoms. The second-order valence-corrected chi connectivity index (χ2v) is 6.09. The number of amides is 1. The van der Waals surface area contributed by atoms with Gasteiger partial charge < -0.3 is 11.2 Å². The summed E-state index contributed by atoms with van der Waals surface area (Å²) >= 11 is 0.947. The van der Waals surface area contributed by atoms with Crippen LogP contribution in [0.3, 0.4) is 0 Å². The summed E-state index contributed by atoms with van der Waals surface area (Å²) in [5.41, 5.74) is 0.170. The molecule has 3 rings (SSSR count). The first-order valence-corrected chi connectivity index (χ1v) is 8.27. The molecular weight excluding hydrogens is 367 g/mol. The minimum absolute atomic E-state index is 0.158. The minimum Gasteiger partial charge on any atom is -0.335 e. The number of hydrogen-bond donors (Lipinski definition) is 2. The van der Waals surface area contributed by atoms with Crippen LogP contribution in [0.5, 0.6) is 0 Å². The van der Waals surface area contributed by atoms with Gasteiger partial charge in [0, 0.05) is 11.6 Å². The lowest BCUT2D eigenvalue weighted by molar-refractivity contribution is -0.113. The van der Waals surface area contributed by atoms with Gasteiger partial charge >= 0.3 is 0 Å². The highest BCUT2D eigenvalue weighted by molar-refractivity contribution is 7.99. The maximum absolute atomic E-state index is 13.5. The van der Waals surface area contributed by atoms with Gasteiger partial charge in [0.25, 0.3) is 0 Å². The second kappa shape index (κ2) is 7.48. The second-order valence-electron chi connectivity index (χ2n) is 5.15. The molecule has 0 bridgehead atoms. The van der Waals surface area contributed by atoms with Crippen LogP contribution >= 0.6 is 11.8 Å². The Morgan fingerprint density at radius 2 is 1.88 bits per heavy atom. The van der Waals surface area contributed by atoms with E-state index >= 15 is 0 Å². The molecule has 1 amide bonds. The normalized spacial score (nSPS) is 10.7. The van der Waals surface area contributed by atoms with Crippen LogP contribution in [0.25, 0.3) is 11.4 Å². The lowest BCUT2D eigenvalue weighted by Gasteiger charge is -2.06. The monoisotopic (exact) mass is 379 g/mol. The van der Waals surface area contributed by atoms with Crippen LogP contribution in [0.1, 0.15) is 0 Å². The van der Waals surface area contributed by atoms with Crippen LogP contribution in [0.2, 0.25) is 0 Å². The largest absolute Gasteiger partial charge is 0.335 e. The molecule has 2 aromatic carbocycles. The van der Waals surface area contributed by atoms with Gasteiger partial charge in [-0.1, -0.05) is 23.9 Å². The van der Waals surface area contributed by atoms with Crippen LogP contribution in [0.4, 0.5) is 18.9 Å². The van der Waals surface area contributed by atoms with Crippen molar-refractivity contribution in [1.29, 1.82) is 0 Å². The van der Waals surface area contributed by atoms with Crippen molar-refractivity contribution in [3.05, 3.63) is 59.9 Å². The van der Waals surface area contributed by atoms with Crippen LogP contribution in [-0.2, 0) is 4.79 Å². The third-order valence-electron chi connectivity index (χ3n) is 3.28. The molecule has 10 heteroatoms. The summed E-state index contributed by atoms with van der Waals surface area (Å²) in [4.78, 5) is 11.9. The number of nitrogens with one attached hydrogen (secondary N) is 1. The van der Waals surface area contributed by atoms with Gasteiger partial charge in [0.1, 0.15) is 17.5 Å². The number of nitrogen functional groups attached to an aromatic ring is 1. The first kappa shape index (κ1) is 17.8. The fourth-order valence-electron chi connectivity index (χ4n) is 2.11. The molecule has 3 aromatic rings. The number of nitrogens with two attached hydrogens (primary N) is 1. The molecule has 0 fully saturated rings. The molecule has 1 heterocycles. The Kier molecular flexibility index (Phi) is 5.12. The highest BCUT2D eigenvalue weighted by Crippen LogP contribution is 2.22. The quantitative estimate of drug-likeness (QED) is 0.526. The van der Waals surface area contributed by atoms with Crippen molar-refractivity contribution in [2.75, 3.05) is 16.9 Å². The average Bonchev–Trinajstić information content (AvgIpc) is 2.97. The van der Waals surface area contributed by atoms with Gasteiger partial charge in [-0.15, -0.1) is 10.2 Å². The van der Waals surface area contributed by atoms with E-state index in [0.717, 1.165) is 34.6 Å². The smallest absolute Gasteiger partial charge is 0.234 e. The number of benzene rings is 2. The summed E-state index contributed by atoms with van der Waals surface area (Å²) < 4.78 is 41.0. The number of anilines is 1. The van der Waals surface area contributed by atoms with E-state index in [0.29, 0.717) is 5.56 Å². The molecule has 0 saturated carbocycles. The number of rotatable bonds is 5. The van der Waals surface area contributed by atoms with Crippen molar-refractivity contribution < 1.29 is 18.0 Å². The van der Waals surface area contributed by atoms with E-state index in [-0.39, 0.29) is 22.4 Å². The number of halogens is 3. The fraction of sp³-hybridized carbons (Fsp3) is 0.0625. The molecule has 0 aliphatic heterocycles. The van der Waals surface area contributed by atoms with E-state index < -0.39 is 23.4 Å². The molecule has 0 aliphatic carbocycles. The number of nitrogens with zero attached hydrogens (tertiary/aromatic N) is 3. The Labute approximate surface area is 150 Å². The van der Waals surface area contributed by atoms with Crippen molar-refractivity contribution in [2.45, 2.75) is 5.16 Å². The van der Waals surface area contributed by atoms with Gasteiger partial charge in [-0.25, -0.2) is 17.8 Å². The SMILES string of the molecule is Nn1c(SCC(=O)Nc2cc(F)ccc2F)nnc1-c1cccc(F)c1. The number of thioether (sulfide) groups is 1. The van der Waals surface area contributed by atoms with E-state index in [4.69, 9.17) is 5.84 Å². The van der Waals surface area contributed by atoms with Crippen molar-refractivity contribution >= 4 is 23.4 Å². The van der Waals surface area contributed by atoms with E-state index in [2.05, 4.69) is 15.5 Å². The van der Waals surface area contributed by atoms with Crippen LogP contribution in [0.15, 0.2) is 47.6 Å². The van der Waals surface area contributed by atoms with Crippen LogP contribution < -0.4 is 11.2 Å². The van der Waals surface area contributed by atoms with E-state index in [1.807, 2.05) is 0 Å². The molecule has 0 aliphatic rings. The lowest BCUT2D eigenvalue weighted by atomic mass is 10.2. The van der Waals surface area contributed by atoms with Gasteiger partial charge in [-0.05, 0) is 24.3 Å². The van der Waals surface area contributed by atoms with E-state index in [1.165, 1.54) is 18.2 Å². The molecule has 0 saturated heterocycles. The van der Waals surface area contributed by atoms with Gasteiger partial charge in [0.15, 0.2) is 5.82 Å². The van der Waals surface area contributed by atoms with Crippen LogP contribution in [0, 0.1) is 17.5 Å². The standard InChI is InChI=1S/C16H12F3N5OS/c17-10-3-1-2-9(6-10)15-22-23-16(24(15)20)26-8-14(25)21-13-7-11(18)4-5-12(13)19/h1-7H,8,20H2,(H,21,25). The van der Waals surface area contributed by atoms with Crippen molar-refractivity contribution in [3.63, 3.8) is 0 Å². The topological polar surface area (TPSA) is 85.8 Å². The molecule has 6 nitrogen and oxygen atoms in total. The summed E-state index contributed by atoms with van der Waals surface area (Å²) in [5.74, 6) is 3.50. The molecule has 0 unspecified atom stereocenters.